The van der Waals surface area contributed by atoms with Crippen molar-refractivity contribution in [2.24, 2.45) is 7.05 Å². The fourth-order valence-corrected chi connectivity index (χ4v) is 4.15. The van der Waals surface area contributed by atoms with Crippen LogP contribution < -0.4 is 4.72 Å². The maximum absolute atomic E-state index is 12.2. The molecule has 0 aliphatic rings. The summed E-state index contributed by atoms with van der Waals surface area (Å²) in [6, 6.07) is 0. The Bertz CT molecular complexity index is 566. The zero-order valence-electron chi connectivity index (χ0n) is 10.7. The third kappa shape index (κ3) is 3.31. The Morgan fingerprint density at radius 2 is 2.16 bits per heavy atom. The Morgan fingerprint density at radius 1 is 1.58 bits per heavy atom. The van der Waals surface area contributed by atoms with E-state index in [1.807, 2.05) is 0 Å². The van der Waals surface area contributed by atoms with Crippen LogP contribution in [0.1, 0.15) is 26.7 Å². The van der Waals surface area contributed by atoms with Gasteiger partial charge in [0.25, 0.3) is 10.0 Å². The van der Waals surface area contributed by atoms with Crippen LogP contribution in [-0.4, -0.2) is 40.0 Å². The van der Waals surface area contributed by atoms with Crippen LogP contribution in [0.15, 0.2) is 9.63 Å². The molecule has 19 heavy (non-hydrogen) atoms. The second kappa shape index (κ2) is 5.55. The first-order chi connectivity index (χ1) is 8.64. The number of aryl methyl sites for hydroxylation is 1. The molecule has 0 fully saturated rings. The number of sulfonamides is 1. The Labute approximate surface area is 119 Å². The van der Waals surface area contributed by atoms with Gasteiger partial charge in [0.05, 0.1) is 0 Å². The Hall–Kier alpha value is -1.00. The highest BCUT2D eigenvalue weighted by atomic mass is 79.9. The topological polar surface area (TPSA) is 114 Å². The molecule has 108 valence electrons. The summed E-state index contributed by atoms with van der Waals surface area (Å²) in [6.45, 7) is 3.10. The Kier molecular flexibility index (Phi) is 4.69. The predicted molar refractivity (Wildman–Crippen MR) is 70.0 cm³/mol. The molecule has 0 aliphatic heterocycles. The summed E-state index contributed by atoms with van der Waals surface area (Å²) in [7, 11) is -2.64. The number of carboxylic acid groups (broad SMARTS) is 1. The molecule has 0 aliphatic carbocycles. The first-order valence-electron chi connectivity index (χ1n) is 5.46. The molecular formula is C9H15BrN4O4S. The van der Waals surface area contributed by atoms with Crippen molar-refractivity contribution < 1.29 is 18.3 Å². The van der Waals surface area contributed by atoms with E-state index in [-0.39, 0.29) is 16.0 Å². The minimum atomic E-state index is -4.04. The van der Waals surface area contributed by atoms with Gasteiger partial charge >= 0.3 is 5.97 Å². The molecule has 8 nitrogen and oxygen atoms in total. The number of hydrogen-bond donors (Lipinski definition) is 2. The molecule has 0 aromatic carbocycles. The van der Waals surface area contributed by atoms with E-state index in [1.54, 1.807) is 6.92 Å². The fourth-order valence-electron chi connectivity index (χ4n) is 1.65. The van der Waals surface area contributed by atoms with E-state index in [0.29, 0.717) is 6.42 Å². The molecular weight excluding hydrogens is 340 g/mol. The van der Waals surface area contributed by atoms with E-state index in [1.165, 1.54) is 14.0 Å². The molecule has 0 spiro atoms. The van der Waals surface area contributed by atoms with Crippen LogP contribution in [0.4, 0.5) is 0 Å². The molecule has 1 rings (SSSR count). The van der Waals surface area contributed by atoms with Gasteiger partial charge in [-0.05, 0) is 29.3 Å². The second-order valence-electron chi connectivity index (χ2n) is 4.30. The van der Waals surface area contributed by atoms with Crippen molar-refractivity contribution in [2.45, 2.75) is 37.3 Å². The predicted octanol–water partition coefficient (Wildman–Crippen LogP) is 0.499. The average Bonchev–Trinajstić information content (AvgIpc) is 2.58. The lowest BCUT2D eigenvalue weighted by Gasteiger charge is -2.25. The number of carboxylic acids is 1. The molecule has 1 aromatic heterocycles. The monoisotopic (exact) mass is 354 g/mol. The number of aromatic nitrogens is 3. The van der Waals surface area contributed by atoms with Gasteiger partial charge in [0.1, 0.15) is 5.54 Å². The minimum Gasteiger partial charge on any atom is -0.480 e. The third-order valence-corrected chi connectivity index (χ3v) is 5.06. The first-order valence-corrected chi connectivity index (χ1v) is 7.74. The summed E-state index contributed by atoms with van der Waals surface area (Å²) < 4.78 is 27.7. The Morgan fingerprint density at radius 3 is 2.53 bits per heavy atom. The van der Waals surface area contributed by atoms with Crippen molar-refractivity contribution >= 4 is 31.9 Å². The molecule has 1 heterocycles. The van der Waals surface area contributed by atoms with Crippen LogP contribution in [0.25, 0.3) is 0 Å². The van der Waals surface area contributed by atoms with E-state index in [2.05, 4.69) is 31.0 Å². The van der Waals surface area contributed by atoms with E-state index < -0.39 is 21.5 Å². The Balaban J connectivity index is 3.19. The highest BCUT2D eigenvalue weighted by molar-refractivity contribution is 9.10. The SMILES string of the molecule is CCCC(C)(NS(=O)(=O)c1c(Br)nnn1C)C(=O)O. The normalized spacial score (nSPS) is 15.2. The van der Waals surface area contributed by atoms with Gasteiger partial charge < -0.3 is 5.11 Å². The van der Waals surface area contributed by atoms with Gasteiger partial charge in [-0.2, -0.15) is 4.72 Å². The average molecular weight is 355 g/mol. The maximum atomic E-state index is 12.2. The van der Waals surface area contributed by atoms with Gasteiger partial charge in [-0.3, -0.25) is 4.79 Å². The molecule has 0 saturated heterocycles. The molecule has 1 atom stereocenters. The number of nitrogens with one attached hydrogen (secondary N) is 1. The fraction of sp³-hybridized carbons (Fsp3) is 0.667. The van der Waals surface area contributed by atoms with Crippen LogP contribution in [0.2, 0.25) is 0 Å². The molecule has 0 radical (unpaired) electrons. The van der Waals surface area contributed by atoms with Crippen molar-refractivity contribution in [2.75, 3.05) is 0 Å². The second-order valence-corrected chi connectivity index (χ2v) is 6.65. The summed E-state index contributed by atoms with van der Waals surface area (Å²) in [5.74, 6) is -1.23. The van der Waals surface area contributed by atoms with Crippen molar-refractivity contribution in [3.8, 4) is 0 Å². The number of aliphatic carboxylic acids is 1. The van der Waals surface area contributed by atoms with Crippen molar-refractivity contribution in [1.82, 2.24) is 19.7 Å². The zero-order chi connectivity index (χ0) is 14.8. The summed E-state index contributed by atoms with van der Waals surface area (Å²) in [4.78, 5) is 11.3. The summed E-state index contributed by atoms with van der Waals surface area (Å²) in [6.07, 6.45) is 0.695. The lowest BCUT2D eigenvalue weighted by molar-refractivity contribution is -0.143. The number of hydrogen-bond acceptors (Lipinski definition) is 5. The molecule has 1 aromatic rings. The molecule has 2 N–H and O–H groups in total. The van der Waals surface area contributed by atoms with E-state index in [0.717, 1.165) is 4.68 Å². The number of rotatable bonds is 6. The summed E-state index contributed by atoms with van der Waals surface area (Å²) >= 11 is 2.98. The highest BCUT2D eigenvalue weighted by Gasteiger charge is 2.39. The number of nitrogens with zero attached hydrogens (tertiary/aromatic N) is 3. The molecule has 0 bridgehead atoms. The van der Waals surface area contributed by atoms with E-state index >= 15 is 0 Å². The third-order valence-electron chi connectivity index (χ3n) is 2.57. The van der Waals surface area contributed by atoms with Crippen LogP contribution in [-0.2, 0) is 21.9 Å². The van der Waals surface area contributed by atoms with Crippen molar-refractivity contribution in [1.29, 1.82) is 0 Å². The van der Waals surface area contributed by atoms with Gasteiger partial charge in [-0.1, -0.05) is 18.6 Å². The molecule has 0 saturated carbocycles. The van der Waals surface area contributed by atoms with Crippen LogP contribution >= 0.6 is 15.9 Å². The van der Waals surface area contributed by atoms with Gasteiger partial charge in [0.2, 0.25) is 5.03 Å². The summed E-state index contributed by atoms with van der Waals surface area (Å²) in [5.41, 5.74) is -1.57. The van der Waals surface area contributed by atoms with Crippen LogP contribution in [0.3, 0.4) is 0 Å². The van der Waals surface area contributed by atoms with Gasteiger partial charge in [-0.15, -0.1) is 5.10 Å². The van der Waals surface area contributed by atoms with Gasteiger partial charge in [-0.25, -0.2) is 13.1 Å². The van der Waals surface area contributed by atoms with Crippen molar-refractivity contribution in [3.63, 3.8) is 0 Å². The maximum Gasteiger partial charge on any atom is 0.324 e. The first kappa shape index (κ1) is 16.1. The number of carbonyl (C=O) groups is 1. The van der Waals surface area contributed by atoms with Crippen molar-refractivity contribution in [3.05, 3.63) is 4.60 Å². The van der Waals surface area contributed by atoms with Crippen LogP contribution in [0, 0.1) is 0 Å². The van der Waals surface area contributed by atoms with Gasteiger partial charge in [0, 0.05) is 7.05 Å². The zero-order valence-corrected chi connectivity index (χ0v) is 13.1. The number of halogens is 1. The lowest BCUT2D eigenvalue weighted by atomic mass is 9.98. The largest absolute Gasteiger partial charge is 0.480 e. The van der Waals surface area contributed by atoms with Crippen LogP contribution in [0.5, 0.6) is 0 Å². The quantitative estimate of drug-likeness (QED) is 0.768. The van der Waals surface area contributed by atoms with E-state index in [4.69, 9.17) is 0 Å². The molecule has 1 unspecified atom stereocenters. The smallest absolute Gasteiger partial charge is 0.324 e. The standard InChI is InChI=1S/C9H15BrN4O4S/c1-4-5-9(2,8(15)16)12-19(17,18)7-6(10)11-13-14(7)3/h12H,4-5H2,1-3H3,(H,15,16). The summed E-state index contributed by atoms with van der Waals surface area (Å²) in [5, 5.41) is 16.1. The minimum absolute atomic E-state index is 0.0340. The molecule has 10 heteroatoms. The molecule has 0 amide bonds. The lowest BCUT2D eigenvalue weighted by Crippen LogP contribution is -2.52. The highest BCUT2D eigenvalue weighted by Crippen LogP contribution is 2.22. The van der Waals surface area contributed by atoms with Gasteiger partial charge in [0.15, 0.2) is 4.60 Å². The van der Waals surface area contributed by atoms with E-state index in [9.17, 15) is 18.3 Å².